The maximum atomic E-state index is 13.9. The topological polar surface area (TPSA) is 37.4 Å². The Morgan fingerprint density at radius 2 is 1.10 bits per heavy atom. The SMILES string of the molecule is [C-]#[N+]/C(C#N)=C1\c2cc(C)c(-c3ccc(CCCCCCCC)cc3)cc2-c2cc(-c3ccc(CCCCCCCC)cc3)c(OC(F)(F)F)cc21. The highest BCUT2D eigenvalue weighted by atomic mass is 19.4. The molecule has 0 bridgehead atoms. The van der Waals surface area contributed by atoms with Crippen molar-refractivity contribution in [2.24, 2.45) is 0 Å². The van der Waals surface area contributed by atoms with E-state index in [1.807, 2.05) is 43.3 Å². The number of halogens is 3. The van der Waals surface area contributed by atoms with Gasteiger partial charge in [0.25, 0.3) is 5.70 Å². The summed E-state index contributed by atoms with van der Waals surface area (Å²) < 4.78 is 46.3. The van der Waals surface area contributed by atoms with Crippen molar-refractivity contribution in [2.75, 3.05) is 0 Å². The summed E-state index contributed by atoms with van der Waals surface area (Å²) in [7, 11) is 0. The van der Waals surface area contributed by atoms with Crippen molar-refractivity contribution in [3.05, 3.63) is 118 Å². The Morgan fingerprint density at radius 3 is 1.58 bits per heavy atom. The average Bonchev–Trinajstić information content (AvgIpc) is 3.42. The average molecular weight is 703 g/mol. The quantitative estimate of drug-likeness (QED) is 0.0549. The van der Waals surface area contributed by atoms with Crippen LogP contribution in [0.3, 0.4) is 0 Å². The largest absolute Gasteiger partial charge is 0.573 e. The maximum absolute atomic E-state index is 13.9. The monoisotopic (exact) mass is 702 g/mol. The summed E-state index contributed by atoms with van der Waals surface area (Å²) in [4.78, 5) is 3.50. The molecule has 0 atom stereocenters. The van der Waals surface area contributed by atoms with Crippen LogP contribution in [0, 0.1) is 24.8 Å². The molecule has 0 N–H and O–H groups in total. The van der Waals surface area contributed by atoms with Crippen LogP contribution in [0.4, 0.5) is 13.2 Å². The van der Waals surface area contributed by atoms with Gasteiger partial charge in [0.2, 0.25) is 0 Å². The third-order valence-electron chi connectivity index (χ3n) is 10.2. The lowest BCUT2D eigenvalue weighted by Crippen LogP contribution is -2.17. The fourth-order valence-electron chi connectivity index (χ4n) is 7.35. The molecule has 0 radical (unpaired) electrons. The van der Waals surface area contributed by atoms with Gasteiger partial charge in [-0.05, 0) is 106 Å². The number of allylic oxidation sites excluding steroid dienone is 1. The molecule has 0 aromatic heterocycles. The van der Waals surface area contributed by atoms with Gasteiger partial charge >= 0.3 is 6.36 Å². The highest BCUT2D eigenvalue weighted by molar-refractivity contribution is 6.06. The fourth-order valence-corrected chi connectivity index (χ4v) is 7.35. The summed E-state index contributed by atoms with van der Waals surface area (Å²) in [5, 5.41) is 9.98. The highest BCUT2D eigenvalue weighted by Crippen LogP contribution is 2.52. The lowest BCUT2D eigenvalue weighted by molar-refractivity contribution is -0.274. The first-order chi connectivity index (χ1) is 25.2. The normalized spacial score (nSPS) is 12.9. The number of nitrogens with zero attached hydrogens (tertiary/aromatic N) is 2. The number of ether oxygens (including phenoxy) is 1. The molecule has 4 aromatic carbocycles. The Hall–Kier alpha value is -4.81. The standard InChI is InChI=1S/C46H49F3N2O/c1-5-7-9-11-13-15-17-33-19-23-35(24-20-33)37-28-39-40-29-38(36-25-21-34(22-26-36)18-16-14-12-10-8-6-2)44(52-46(47,48)49)30-42(40)45(43(31-50)51-4)41(39)27-32(37)3/h19-30H,5-18H2,1-3H3/b45-43+. The molecular weight excluding hydrogens is 654 g/mol. The molecule has 0 spiro atoms. The van der Waals surface area contributed by atoms with Crippen LogP contribution < -0.4 is 4.74 Å². The van der Waals surface area contributed by atoms with Gasteiger partial charge in [-0.2, -0.15) is 0 Å². The van der Waals surface area contributed by atoms with E-state index in [0.717, 1.165) is 53.5 Å². The van der Waals surface area contributed by atoms with Crippen molar-refractivity contribution in [3.8, 4) is 45.2 Å². The molecule has 6 heteroatoms. The van der Waals surface area contributed by atoms with Crippen LogP contribution in [0.1, 0.15) is 119 Å². The second kappa shape index (κ2) is 18.1. The Labute approximate surface area is 308 Å². The van der Waals surface area contributed by atoms with Gasteiger partial charge in [0.1, 0.15) is 5.75 Å². The zero-order valence-electron chi connectivity index (χ0n) is 30.8. The first kappa shape index (κ1) is 38.4. The minimum Gasteiger partial charge on any atom is -0.405 e. The van der Waals surface area contributed by atoms with E-state index >= 15 is 0 Å². The second-order valence-electron chi connectivity index (χ2n) is 14.0. The predicted molar refractivity (Wildman–Crippen MR) is 207 cm³/mol. The van der Waals surface area contributed by atoms with E-state index in [2.05, 4.69) is 53.8 Å². The van der Waals surface area contributed by atoms with Crippen molar-refractivity contribution in [1.82, 2.24) is 0 Å². The van der Waals surface area contributed by atoms with Crippen LogP contribution >= 0.6 is 0 Å². The van der Waals surface area contributed by atoms with Crippen molar-refractivity contribution in [3.63, 3.8) is 0 Å². The molecule has 270 valence electrons. The van der Waals surface area contributed by atoms with E-state index in [1.54, 1.807) is 6.07 Å². The number of unbranched alkanes of at least 4 members (excludes halogenated alkanes) is 10. The highest BCUT2D eigenvalue weighted by Gasteiger charge is 2.35. The number of alkyl halides is 3. The number of aryl methyl sites for hydroxylation is 3. The van der Waals surface area contributed by atoms with E-state index in [-0.39, 0.29) is 11.4 Å². The van der Waals surface area contributed by atoms with Crippen LogP contribution in [0.15, 0.2) is 78.5 Å². The van der Waals surface area contributed by atoms with Crippen LogP contribution in [0.25, 0.3) is 43.8 Å². The zero-order valence-corrected chi connectivity index (χ0v) is 30.8. The molecule has 3 nitrogen and oxygen atoms in total. The van der Waals surface area contributed by atoms with Gasteiger partial charge in [0.15, 0.2) is 0 Å². The van der Waals surface area contributed by atoms with Crippen molar-refractivity contribution < 1.29 is 17.9 Å². The molecule has 52 heavy (non-hydrogen) atoms. The Bertz CT molecular complexity index is 1920. The zero-order chi connectivity index (χ0) is 37.1. The lowest BCUT2D eigenvalue weighted by atomic mass is 9.92. The molecule has 0 unspecified atom stereocenters. The smallest absolute Gasteiger partial charge is 0.405 e. The lowest BCUT2D eigenvalue weighted by Gasteiger charge is -2.17. The number of fused-ring (bicyclic) bond motifs is 3. The van der Waals surface area contributed by atoms with Crippen LogP contribution in [-0.4, -0.2) is 6.36 Å². The second-order valence-corrected chi connectivity index (χ2v) is 14.0. The molecule has 5 rings (SSSR count). The number of rotatable bonds is 17. The van der Waals surface area contributed by atoms with Gasteiger partial charge in [0, 0.05) is 11.1 Å². The Morgan fingerprint density at radius 1 is 0.635 bits per heavy atom. The molecule has 0 saturated carbocycles. The van der Waals surface area contributed by atoms with Crippen molar-refractivity contribution >= 4 is 5.57 Å². The Kier molecular flexibility index (Phi) is 13.4. The Balaban J connectivity index is 1.51. The molecule has 0 aliphatic heterocycles. The molecule has 0 saturated heterocycles. The summed E-state index contributed by atoms with van der Waals surface area (Å²) >= 11 is 0. The summed E-state index contributed by atoms with van der Waals surface area (Å²) in [6.45, 7) is 14.2. The number of nitriles is 1. The number of hydrogen-bond donors (Lipinski definition) is 0. The minimum atomic E-state index is -4.93. The first-order valence-electron chi connectivity index (χ1n) is 19.0. The van der Waals surface area contributed by atoms with Gasteiger partial charge in [-0.1, -0.05) is 133 Å². The van der Waals surface area contributed by atoms with E-state index in [0.29, 0.717) is 33.4 Å². The van der Waals surface area contributed by atoms with Gasteiger partial charge in [-0.25, -0.2) is 10.1 Å². The predicted octanol–water partition coefficient (Wildman–Crippen LogP) is 14.2. The molecule has 4 aromatic rings. The van der Waals surface area contributed by atoms with Gasteiger partial charge in [-0.15, -0.1) is 13.2 Å². The number of hydrogen-bond acceptors (Lipinski definition) is 2. The third-order valence-corrected chi connectivity index (χ3v) is 10.2. The maximum Gasteiger partial charge on any atom is 0.573 e. The third kappa shape index (κ3) is 9.54. The summed E-state index contributed by atoms with van der Waals surface area (Å²) in [6, 6.07) is 25.4. The van der Waals surface area contributed by atoms with Crippen LogP contribution in [0.5, 0.6) is 5.75 Å². The van der Waals surface area contributed by atoms with Crippen LogP contribution in [-0.2, 0) is 12.8 Å². The van der Waals surface area contributed by atoms with Gasteiger partial charge in [0.05, 0.1) is 12.6 Å². The fraction of sp³-hybridized carbons (Fsp3) is 0.391. The van der Waals surface area contributed by atoms with E-state index in [4.69, 9.17) is 6.57 Å². The van der Waals surface area contributed by atoms with Gasteiger partial charge in [-0.3, -0.25) is 0 Å². The van der Waals surface area contributed by atoms with E-state index in [9.17, 15) is 18.4 Å². The van der Waals surface area contributed by atoms with E-state index in [1.165, 1.54) is 75.8 Å². The molecule has 0 fully saturated rings. The molecule has 0 heterocycles. The molecule has 0 amide bonds. The summed E-state index contributed by atoms with van der Waals surface area (Å²) in [5.74, 6) is -0.361. The summed E-state index contributed by atoms with van der Waals surface area (Å²) in [6.07, 6.45) is 11.7. The molecule has 1 aliphatic rings. The van der Waals surface area contributed by atoms with Crippen LogP contribution in [0.2, 0.25) is 0 Å². The molecule has 1 aliphatic carbocycles. The van der Waals surface area contributed by atoms with Crippen molar-refractivity contribution in [2.45, 2.75) is 117 Å². The van der Waals surface area contributed by atoms with Gasteiger partial charge < -0.3 is 4.74 Å². The summed E-state index contributed by atoms with van der Waals surface area (Å²) in [5.41, 5.74) is 8.98. The van der Waals surface area contributed by atoms with Crippen molar-refractivity contribution in [1.29, 1.82) is 5.26 Å². The van der Waals surface area contributed by atoms with E-state index < -0.39 is 6.36 Å². The first-order valence-corrected chi connectivity index (χ1v) is 19.0. The molecular formula is C46H49F3N2O. The minimum absolute atomic E-state index is 0.170. The number of benzene rings is 4.